The number of imidazole rings is 1. The number of tetrazole rings is 1. The highest BCUT2D eigenvalue weighted by atomic mass is 16.1. The van der Waals surface area contributed by atoms with Gasteiger partial charge in [-0.05, 0) is 53.8 Å². The van der Waals surface area contributed by atoms with Crippen LogP contribution in [-0.2, 0) is 19.5 Å². The summed E-state index contributed by atoms with van der Waals surface area (Å²) >= 11 is 0. The summed E-state index contributed by atoms with van der Waals surface area (Å²) in [6, 6.07) is 12.0. The SMILES string of the molecule is CCCCc1c(C)n(CC(C)C)c(=O)n1Cc1ccc(-c2ncccc2-c2nnn[nH]2)cc1. The molecule has 172 valence electrons. The van der Waals surface area contributed by atoms with E-state index in [-0.39, 0.29) is 5.69 Å². The molecule has 4 rings (SSSR count). The van der Waals surface area contributed by atoms with Gasteiger partial charge in [0, 0.05) is 35.3 Å². The van der Waals surface area contributed by atoms with E-state index in [2.05, 4.69) is 65.4 Å². The maximum Gasteiger partial charge on any atom is 0.328 e. The third-order valence-electron chi connectivity index (χ3n) is 5.90. The van der Waals surface area contributed by atoms with Crippen LogP contribution in [-0.4, -0.2) is 34.7 Å². The molecule has 0 saturated heterocycles. The molecule has 1 N–H and O–H groups in total. The molecule has 0 amide bonds. The predicted molar refractivity (Wildman–Crippen MR) is 129 cm³/mol. The van der Waals surface area contributed by atoms with Crippen LogP contribution in [0.15, 0.2) is 47.4 Å². The first-order chi connectivity index (χ1) is 16.0. The van der Waals surface area contributed by atoms with Crippen molar-refractivity contribution in [2.75, 3.05) is 0 Å². The van der Waals surface area contributed by atoms with Crippen molar-refractivity contribution >= 4 is 0 Å². The van der Waals surface area contributed by atoms with Gasteiger partial charge in [0.15, 0.2) is 5.82 Å². The summed E-state index contributed by atoms with van der Waals surface area (Å²) in [5, 5.41) is 14.2. The lowest BCUT2D eigenvalue weighted by molar-refractivity contribution is 0.497. The Labute approximate surface area is 193 Å². The van der Waals surface area contributed by atoms with E-state index < -0.39 is 0 Å². The van der Waals surface area contributed by atoms with Gasteiger partial charge >= 0.3 is 5.69 Å². The number of unbranched alkanes of at least 4 members (excludes halogenated alkanes) is 1. The molecule has 4 aromatic rings. The zero-order valence-electron chi connectivity index (χ0n) is 19.7. The van der Waals surface area contributed by atoms with Crippen LogP contribution in [0.5, 0.6) is 0 Å². The maximum absolute atomic E-state index is 13.3. The van der Waals surface area contributed by atoms with Crippen molar-refractivity contribution in [3.05, 3.63) is 70.0 Å². The molecular formula is C25H31N7O. The van der Waals surface area contributed by atoms with Crippen molar-refractivity contribution < 1.29 is 0 Å². The minimum Gasteiger partial charge on any atom is -0.296 e. The second kappa shape index (κ2) is 9.94. The lowest BCUT2D eigenvalue weighted by atomic mass is 10.0. The van der Waals surface area contributed by atoms with Crippen molar-refractivity contribution in [2.24, 2.45) is 5.92 Å². The van der Waals surface area contributed by atoms with Crippen LogP contribution in [0.25, 0.3) is 22.6 Å². The molecule has 0 fully saturated rings. The molecule has 0 saturated carbocycles. The summed E-state index contributed by atoms with van der Waals surface area (Å²) in [5.41, 5.74) is 6.03. The lowest BCUT2D eigenvalue weighted by Gasteiger charge is -2.10. The third kappa shape index (κ3) is 4.79. The normalized spacial score (nSPS) is 11.4. The molecule has 1 aromatic carbocycles. The molecule has 8 nitrogen and oxygen atoms in total. The zero-order valence-corrected chi connectivity index (χ0v) is 19.7. The molecule has 0 aliphatic heterocycles. The number of H-pyrrole nitrogens is 1. The fourth-order valence-corrected chi connectivity index (χ4v) is 4.21. The Morgan fingerprint density at radius 3 is 2.55 bits per heavy atom. The molecule has 8 heteroatoms. The number of nitrogens with zero attached hydrogens (tertiary/aromatic N) is 6. The van der Waals surface area contributed by atoms with Crippen LogP contribution in [0.1, 0.15) is 50.6 Å². The van der Waals surface area contributed by atoms with E-state index in [0.29, 0.717) is 18.3 Å². The highest BCUT2D eigenvalue weighted by Crippen LogP contribution is 2.27. The van der Waals surface area contributed by atoms with Crippen LogP contribution in [0.2, 0.25) is 0 Å². The highest BCUT2D eigenvalue weighted by molar-refractivity contribution is 5.76. The molecule has 0 spiro atoms. The van der Waals surface area contributed by atoms with Crippen molar-refractivity contribution in [2.45, 2.75) is 60.0 Å². The number of hydrogen-bond donors (Lipinski definition) is 1. The van der Waals surface area contributed by atoms with E-state index in [9.17, 15) is 4.79 Å². The van der Waals surface area contributed by atoms with Crippen molar-refractivity contribution in [1.82, 2.24) is 34.7 Å². The average Bonchev–Trinajstić information content (AvgIpc) is 3.42. The van der Waals surface area contributed by atoms with Gasteiger partial charge in [0.1, 0.15) is 0 Å². The summed E-state index contributed by atoms with van der Waals surface area (Å²) in [5.74, 6) is 0.999. The first kappa shape index (κ1) is 22.6. The fraction of sp³-hybridized carbons (Fsp3) is 0.400. The van der Waals surface area contributed by atoms with Crippen molar-refractivity contribution in [3.8, 4) is 22.6 Å². The Morgan fingerprint density at radius 2 is 1.88 bits per heavy atom. The Balaban J connectivity index is 1.65. The van der Waals surface area contributed by atoms with E-state index in [1.54, 1.807) is 6.20 Å². The summed E-state index contributed by atoms with van der Waals surface area (Å²) in [6.45, 7) is 9.86. The van der Waals surface area contributed by atoms with E-state index in [4.69, 9.17) is 0 Å². The van der Waals surface area contributed by atoms with Crippen LogP contribution in [0, 0.1) is 12.8 Å². The average molecular weight is 446 g/mol. The Hall–Kier alpha value is -3.55. The molecule has 0 bridgehead atoms. The summed E-state index contributed by atoms with van der Waals surface area (Å²) in [6.07, 6.45) is 4.86. The molecule has 0 atom stereocenters. The second-order valence-electron chi connectivity index (χ2n) is 8.86. The monoisotopic (exact) mass is 445 g/mol. The molecule has 0 unspecified atom stereocenters. The first-order valence-corrected chi connectivity index (χ1v) is 11.6. The second-order valence-corrected chi connectivity index (χ2v) is 8.86. The first-order valence-electron chi connectivity index (χ1n) is 11.6. The van der Waals surface area contributed by atoms with E-state index in [1.807, 2.05) is 33.4 Å². The largest absolute Gasteiger partial charge is 0.328 e. The minimum atomic E-state index is 0.0845. The summed E-state index contributed by atoms with van der Waals surface area (Å²) in [7, 11) is 0. The molecule has 33 heavy (non-hydrogen) atoms. The Morgan fingerprint density at radius 1 is 1.09 bits per heavy atom. The predicted octanol–water partition coefficient (Wildman–Crippen LogP) is 4.25. The topological polar surface area (TPSA) is 94.3 Å². The number of aromatic nitrogens is 7. The van der Waals surface area contributed by atoms with Crippen LogP contribution in [0.3, 0.4) is 0 Å². The number of nitrogens with one attached hydrogen (secondary N) is 1. The molecule has 0 aliphatic rings. The fourth-order valence-electron chi connectivity index (χ4n) is 4.21. The smallest absolute Gasteiger partial charge is 0.296 e. The Kier molecular flexibility index (Phi) is 6.82. The van der Waals surface area contributed by atoms with Crippen LogP contribution < -0.4 is 5.69 Å². The Bertz CT molecular complexity index is 1250. The number of aromatic amines is 1. The minimum absolute atomic E-state index is 0.0845. The third-order valence-corrected chi connectivity index (χ3v) is 5.90. The molecule has 3 aromatic heterocycles. The van der Waals surface area contributed by atoms with Gasteiger partial charge < -0.3 is 0 Å². The van der Waals surface area contributed by atoms with Crippen LogP contribution in [0.4, 0.5) is 0 Å². The summed E-state index contributed by atoms with van der Waals surface area (Å²) in [4.78, 5) is 17.8. The number of benzene rings is 1. The van der Waals surface area contributed by atoms with E-state index in [1.165, 1.54) is 0 Å². The van der Waals surface area contributed by atoms with E-state index in [0.717, 1.165) is 59.6 Å². The van der Waals surface area contributed by atoms with Gasteiger partial charge in [0.05, 0.1) is 12.2 Å². The van der Waals surface area contributed by atoms with Gasteiger partial charge in [-0.25, -0.2) is 9.89 Å². The number of hydrogen-bond acceptors (Lipinski definition) is 5. The molecule has 0 radical (unpaired) electrons. The standard InChI is InChI=1S/C25H31N7O/c1-5-6-9-22-18(4)31(15-17(2)3)25(33)32(22)16-19-10-12-20(13-11-19)23-21(8-7-14-26-23)24-27-29-30-28-24/h7-8,10-14,17H,5-6,9,15-16H2,1-4H3,(H,27,28,29,30). The molecule has 0 aliphatic carbocycles. The maximum atomic E-state index is 13.3. The summed E-state index contributed by atoms with van der Waals surface area (Å²) < 4.78 is 3.89. The molecular weight excluding hydrogens is 414 g/mol. The van der Waals surface area contributed by atoms with Gasteiger partial charge in [0.25, 0.3) is 0 Å². The van der Waals surface area contributed by atoms with Crippen molar-refractivity contribution in [3.63, 3.8) is 0 Å². The molecule has 3 heterocycles. The van der Waals surface area contributed by atoms with Gasteiger partial charge in [0.2, 0.25) is 0 Å². The zero-order chi connectivity index (χ0) is 23.4. The van der Waals surface area contributed by atoms with Gasteiger partial charge in [-0.15, -0.1) is 5.10 Å². The van der Waals surface area contributed by atoms with Gasteiger partial charge in [-0.3, -0.25) is 14.1 Å². The van der Waals surface area contributed by atoms with Gasteiger partial charge in [-0.1, -0.05) is 51.5 Å². The number of rotatable bonds is 9. The highest BCUT2D eigenvalue weighted by Gasteiger charge is 2.18. The van der Waals surface area contributed by atoms with Crippen molar-refractivity contribution in [1.29, 1.82) is 0 Å². The van der Waals surface area contributed by atoms with Crippen LogP contribution >= 0.6 is 0 Å². The van der Waals surface area contributed by atoms with Gasteiger partial charge in [-0.2, -0.15) is 0 Å². The number of pyridine rings is 1. The van der Waals surface area contributed by atoms with E-state index >= 15 is 0 Å². The lowest BCUT2D eigenvalue weighted by Crippen LogP contribution is -2.27. The quantitative estimate of drug-likeness (QED) is 0.416.